The normalized spacial score (nSPS) is 14.2. The number of aromatic nitrogens is 1. The second kappa shape index (κ2) is 15.0. The van der Waals surface area contributed by atoms with Gasteiger partial charge in [0.25, 0.3) is 0 Å². The summed E-state index contributed by atoms with van der Waals surface area (Å²) in [5, 5.41) is 17.9. The standard InChI is InChI=1S/C25H38N8O5S/c1-13(2)20(23(36)32-19(12-39)24(37)38)33-22(35)18(10-14-11-30-17-8-4-3-6-15(14)17)31-21(34)16(26)7-5-9-29-25(27)28/h3-4,6,8,11,13,16,18-20,30,39H,5,7,9-10,12,26H2,1-2H3,(H,31,34)(H,32,36)(H,33,35)(H,37,38)(H4,27,28,29)/t16-,18-,19-,20-/m0/s1. The van der Waals surface area contributed by atoms with Crippen LogP contribution in [-0.2, 0) is 25.6 Å². The third-order valence-corrected chi connectivity index (χ3v) is 6.45. The minimum absolute atomic E-state index is 0.0590. The molecule has 1 aromatic carbocycles. The van der Waals surface area contributed by atoms with Crippen LogP contribution in [0.15, 0.2) is 35.5 Å². The molecule has 0 aliphatic heterocycles. The minimum Gasteiger partial charge on any atom is -0.480 e. The van der Waals surface area contributed by atoms with Crippen molar-refractivity contribution in [2.75, 3.05) is 12.3 Å². The highest BCUT2D eigenvalue weighted by Gasteiger charge is 2.32. The number of carboxylic acids is 1. The van der Waals surface area contributed by atoms with Crippen LogP contribution in [0.3, 0.4) is 0 Å². The van der Waals surface area contributed by atoms with E-state index in [0.717, 1.165) is 16.5 Å². The summed E-state index contributed by atoms with van der Waals surface area (Å²) in [4.78, 5) is 57.6. The summed E-state index contributed by atoms with van der Waals surface area (Å²) < 4.78 is 0. The molecule has 1 heterocycles. The lowest BCUT2D eigenvalue weighted by molar-refractivity contribution is -0.142. The number of benzene rings is 1. The molecule has 11 N–H and O–H groups in total. The van der Waals surface area contributed by atoms with E-state index in [9.17, 15) is 24.3 Å². The zero-order chi connectivity index (χ0) is 29.1. The Bertz CT molecular complexity index is 1180. The van der Waals surface area contributed by atoms with Crippen molar-refractivity contribution in [1.82, 2.24) is 20.9 Å². The predicted octanol–water partition coefficient (Wildman–Crippen LogP) is -0.784. The molecule has 2 rings (SSSR count). The molecular formula is C25H38N8O5S. The summed E-state index contributed by atoms with van der Waals surface area (Å²) in [7, 11) is 0. The summed E-state index contributed by atoms with van der Waals surface area (Å²) in [6.07, 6.45) is 2.60. The molecule has 2 aromatic rings. The molecule has 0 saturated carbocycles. The van der Waals surface area contributed by atoms with E-state index in [4.69, 9.17) is 17.2 Å². The van der Waals surface area contributed by atoms with Gasteiger partial charge >= 0.3 is 5.97 Å². The third-order valence-electron chi connectivity index (χ3n) is 6.08. The lowest BCUT2D eigenvalue weighted by atomic mass is 10.00. The molecule has 39 heavy (non-hydrogen) atoms. The molecule has 0 spiro atoms. The number of rotatable bonds is 15. The Morgan fingerprint density at radius 3 is 2.31 bits per heavy atom. The Labute approximate surface area is 232 Å². The van der Waals surface area contributed by atoms with E-state index in [1.807, 2.05) is 24.3 Å². The van der Waals surface area contributed by atoms with Gasteiger partial charge in [-0.1, -0.05) is 32.0 Å². The number of hydrogen-bond acceptors (Lipinski definition) is 7. The van der Waals surface area contributed by atoms with Crippen LogP contribution in [0.25, 0.3) is 10.9 Å². The van der Waals surface area contributed by atoms with Gasteiger partial charge < -0.3 is 43.2 Å². The molecule has 0 unspecified atom stereocenters. The first-order valence-electron chi connectivity index (χ1n) is 12.5. The van der Waals surface area contributed by atoms with E-state index in [2.05, 4.69) is 38.6 Å². The third kappa shape index (κ3) is 9.48. The van der Waals surface area contributed by atoms with Gasteiger partial charge in [0.2, 0.25) is 17.7 Å². The molecule has 0 radical (unpaired) electrons. The van der Waals surface area contributed by atoms with Crippen molar-refractivity contribution >= 4 is 53.2 Å². The smallest absolute Gasteiger partial charge is 0.327 e. The largest absolute Gasteiger partial charge is 0.480 e. The van der Waals surface area contributed by atoms with Crippen molar-refractivity contribution in [2.24, 2.45) is 28.1 Å². The van der Waals surface area contributed by atoms with Gasteiger partial charge in [0.05, 0.1) is 6.04 Å². The first-order chi connectivity index (χ1) is 18.4. The summed E-state index contributed by atoms with van der Waals surface area (Å²) >= 11 is 3.96. The fraction of sp³-hybridized carbons (Fsp3) is 0.480. The van der Waals surface area contributed by atoms with E-state index in [1.165, 1.54) is 0 Å². The summed E-state index contributed by atoms with van der Waals surface area (Å²) in [5.41, 5.74) is 18.3. The molecule has 0 saturated heterocycles. The van der Waals surface area contributed by atoms with Gasteiger partial charge in [0, 0.05) is 35.8 Å². The number of aliphatic carboxylic acids is 1. The second-order valence-electron chi connectivity index (χ2n) is 9.49. The van der Waals surface area contributed by atoms with Crippen molar-refractivity contribution in [3.8, 4) is 0 Å². The zero-order valence-electron chi connectivity index (χ0n) is 22.0. The van der Waals surface area contributed by atoms with Crippen molar-refractivity contribution in [2.45, 2.75) is 57.3 Å². The molecule has 14 heteroatoms. The Balaban J connectivity index is 2.23. The summed E-state index contributed by atoms with van der Waals surface area (Å²) in [5.74, 6) is -3.65. The molecule has 0 aliphatic carbocycles. The van der Waals surface area contributed by atoms with Gasteiger partial charge in [-0.15, -0.1) is 0 Å². The number of carboxylic acid groups (broad SMARTS) is 1. The Hall–Kier alpha value is -3.78. The summed E-state index contributed by atoms with van der Waals surface area (Å²) in [6.45, 7) is 3.72. The van der Waals surface area contributed by atoms with Crippen molar-refractivity contribution < 1.29 is 24.3 Å². The van der Waals surface area contributed by atoms with E-state index in [0.29, 0.717) is 13.0 Å². The highest BCUT2D eigenvalue weighted by atomic mass is 32.1. The number of nitrogens with one attached hydrogen (secondary N) is 4. The van der Waals surface area contributed by atoms with Gasteiger partial charge in [-0.05, 0) is 30.4 Å². The molecule has 0 fully saturated rings. The van der Waals surface area contributed by atoms with Crippen LogP contribution in [0.4, 0.5) is 0 Å². The molecule has 0 bridgehead atoms. The maximum absolute atomic E-state index is 13.5. The van der Waals surface area contributed by atoms with E-state index < -0.39 is 47.9 Å². The van der Waals surface area contributed by atoms with Crippen molar-refractivity contribution in [3.63, 3.8) is 0 Å². The highest BCUT2D eigenvalue weighted by molar-refractivity contribution is 7.80. The highest BCUT2D eigenvalue weighted by Crippen LogP contribution is 2.19. The van der Waals surface area contributed by atoms with Crippen molar-refractivity contribution in [3.05, 3.63) is 36.0 Å². The SMILES string of the molecule is CC(C)[C@H](NC(=O)[C@H](Cc1c[nH]c2ccccc12)NC(=O)[C@@H](N)CCCN=C(N)N)C(=O)N[C@@H](CS)C(=O)O. The van der Waals surface area contributed by atoms with Crippen LogP contribution in [0.5, 0.6) is 0 Å². The number of carbonyl (C=O) groups excluding carboxylic acids is 3. The number of guanidine groups is 1. The average molecular weight is 563 g/mol. The van der Waals surface area contributed by atoms with Crippen molar-refractivity contribution in [1.29, 1.82) is 0 Å². The maximum Gasteiger partial charge on any atom is 0.327 e. The number of nitrogens with zero attached hydrogens (tertiary/aromatic N) is 1. The molecule has 1 aromatic heterocycles. The molecule has 13 nitrogen and oxygen atoms in total. The van der Waals surface area contributed by atoms with Crippen LogP contribution in [-0.4, -0.2) is 76.2 Å². The number of amides is 3. The van der Waals surface area contributed by atoms with Gasteiger partial charge in [0.1, 0.15) is 18.1 Å². The van der Waals surface area contributed by atoms with E-state index in [1.54, 1.807) is 20.0 Å². The molecule has 0 aliphatic rings. The first kappa shape index (κ1) is 31.4. The topological polar surface area (TPSA) is 231 Å². The first-order valence-corrected chi connectivity index (χ1v) is 13.2. The number of thiol groups is 1. The van der Waals surface area contributed by atoms with E-state index >= 15 is 0 Å². The number of fused-ring (bicyclic) bond motifs is 1. The van der Waals surface area contributed by atoms with Gasteiger partial charge in [0.15, 0.2) is 5.96 Å². The quantitative estimate of drug-likeness (QED) is 0.0577. The molecule has 4 atom stereocenters. The number of nitrogens with two attached hydrogens (primary N) is 3. The number of aliphatic imine (C=N–C) groups is 1. The minimum atomic E-state index is -1.24. The van der Waals surface area contributed by atoms with Gasteiger partial charge in [-0.2, -0.15) is 12.6 Å². The number of carbonyl (C=O) groups is 4. The van der Waals surface area contributed by atoms with Crippen LogP contribution < -0.4 is 33.2 Å². The zero-order valence-corrected chi connectivity index (χ0v) is 22.9. The van der Waals surface area contributed by atoms with Gasteiger partial charge in [-0.25, -0.2) is 4.79 Å². The molecule has 3 amide bonds. The monoisotopic (exact) mass is 562 g/mol. The van der Waals surface area contributed by atoms with Crippen LogP contribution in [0.2, 0.25) is 0 Å². The number of hydrogen-bond donors (Lipinski definition) is 9. The Morgan fingerprint density at radius 2 is 1.69 bits per heavy atom. The second-order valence-corrected chi connectivity index (χ2v) is 9.86. The lowest BCUT2D eigenvalue weighted by Crippen LogP contribution is -2.59. The Kier molecular flexibility index (Phi) is 12.1. The number of para-hydroxylation sites is 1. The fourth-order valence-electron chi connectivity index (χ4n) is 3.89. The molecular weight excluding hydrogens is 524 g/mol. The van der Waals surface area contributed by atoms with E-state index in [-0.39, 0.29) is 30.5 Å². The average Bonchev–Trinajstić information content (AvgIpc) is 3.29. The number of aromatic amines is 1. The lowest BCUT2D eigenvalue weighted by Gasteiger charge is -2.27. The Morgan fingerprint density at radius 1 is 1.03 bits per heavy atom. The van der Waals surface area contributed by atoms with Gasteiger partial charge in [-0.3, -0.25) is 19.4 Å². The summed E-state index contributed by atoms with van der Waals surface area (Å²) in [6, 6.07) is 3.23. The fourth-order valence-corrected chi connectivity index (χ4v) is 4.14. The van der Waals surface area contributed by atoms with Crippen LogP contribution >= 0.6 is 12.6 Å². The van der Waals surface area contributed by atoms with Crippen LogP contribution in [0.1, 0.15) is 32.3 Å². The molecule has 214 valence electrons. The number of H-pyrrole nitrogens is 1. The maximum atomic E-state index is 13.5. The van der Waals surface area contributed by atoms with Crippen LogP contribution in [0, 0.1) is 5.92 Å². The predicted molar refractivity (Wildman–Crippen MR) is 152 cm³/mol.